The largest absolute Gasteiger partial charge is 0.504 e. The van der Waals surface area contributed by atoms with E-state index in [4.69, 9.17) is 4.74 Å². The molecule has 0 aromatic heterocycles. The van der Waals surface area contributed by atoms with Crippen LogP contribution in [0.3, 0.4) is 0 Å². The smallest absolute Gasteiger partial charge is 0.164 e. The highest BCUT2D eigenvalue weighted by Crippen LogP contribution is 2.37. The van der Waals surface area contributed by atoms with E-state index in [2.05, 4.69) is 33.1 Å². The topological polar surface area (TPSA) is 44.7 Å². The first-order valence-corrected chi connectivity index (χ1v) is 7.40. The fourth-order valence-corrected chi connectivity index (χ4v) is 2.95. The van der Waals surface area contributed by atoms with Gasteiger partial charge in [0.05, 0.1) is 7.11 Å². The Balaban J connectivity index is 2.13. The number of ether oxygens (including phenoxy) is 1. The summed E-state index contributed by atoms with van der Waals surface area (Å²) in [7, 11) is 1.61. The quantitative estimate of drug-likeness (QED) is 0.886. The predicted octanol–water partition coefficient (Wildman–Crippen LogP) is 1.92. The van der Waals surface area contributed by atoms with Crippen LogP contribution in [0.4, 0.5) is 0 Å². The molecular formula is C14H21BrN2O2. The minimum atomic E-state index is 0.204. The molecule has 0 atom stereocenters. The second-order valence-corrected chi connectivity index (χ2v) is 5.71. The van der Waals surface area contributed by atoms with Gasteiger partial charge in [-0.2, -0.15) is 0 Å². The summed E-state index contributed by atoms with van der Waals surface area (Å²) >= 11 is 3.49. The zero-order valence-corrected chi connectivity index (χ0v) is 13.1. The van der Waals surface area contributed by atoms with Crippen LogP contribution in [-0.2, 0) is 6.42 Å². The molecule has 106 valence electrons. The second-order valence-electron chi connectivity index (χ2n) is 4.86. The Hall–Kier alpha value is -0.780. The van der Waals surface area contributed by atoms with Crippen LogP contribution >= 0.6 is 15.9 Å². The number of nitrogens with one attached hydrogen (secondary N) is 1. The van der Waals surface area contributed by atoms with Gasteiger partial charge >= 0.3 is 0 Å². The van der Waals surface area contributed by atoms with Crippen LogP contribution < -0.4 is 10.1 Å². The molecule has 0 radical (unpaired) electrons. The Kier molecular flexibility index (Phi) is 5.07. The zero-order chi connectivity index (χ0) is 13.8. The number of hydrogen-bond acceptors (Lipinski definition) is 4. The number of piperazine rings is 1. The van der Waals surface area contributed by atoms with Crippen molar-refractivity contribution in [1.82, 2.24) is 10.2 Å². The van der Waals surface area contributed by atoms with E-state index in [1.165, 1.54) is 0 Å². The summed E-state index contributed by atoms with van der Waals surface area (Å²) in [6, 6.07) is 1.70. The summed E-state index contributed by atoms with van der Waals surface area (Å²) in [5.74, 6) is 0.811. The summed E-state index contributed by atoms with van der Waals surface area (Å²) < 4.78 is 6.28. The molecule has 1 aromatic carbocycles. The van der Waals surface area contributed by atoms with Crippen molar-refractivity contribution in [2.45, 2.75) is 13.3 Å². The third-order valence-electron chi connectivity index (χ3n) is 3.67. The Morgan fingerprint density at radius 3 is 2.74 bits per heavy atom. The molecule has 1 fully saturated rings. The number of phenolic OH excluding ortho intramolecular Hbond substituents is 1. The van der Waals surface area contributed by atoms with Gasteiger partial charge in [-0.3, -0.25) is 0 Å². The molecule has 1 aromatic rings. The molecule has 1 saturated heterocycles. The Bertz CT molecular complexity index is 446. The van der Waals surface area contributed by atoms with Crippen LogP contribution in [0.15, 0.2) is 10.5 Å². The van der Waals surface area contributed by atoms with Crippen molar-refractivity contribution >= 4 is 15.9 Å². The minimum absolute atomic E-state index is 0.204. The lowest BCUT2D eigenvalue weighted by Crippen LogP contribution is -2.44. The Morgan fingerprint density at radius 1 is 1.42 bits per heavy atom. The standard InChI is InChI=1S/C14H21BrN2O2/c1-10-11(3-6-17-7-4-16-5-8-17)14(19-2)13(18)9-12(10)15/h9,16,18H,3-8H2,1-2H3. The molecule has 0 aliphatic carbocycles. The average Bonchev–Trinajstić information content (AvgIpc) is 2.42. The maximum absolute atomic E-state index is 9.95. The molecule has 2 rings (SSSR count). The van der Waals surface area contributed by atoms with Gasteiger partial charge in [-0.05, 0) is 25.0 Å². The fourth-order valence-electron chi connectivity index (χ4n) is 2.50. The molecule has 0 bridgehead atoms. The van der Waals surface area contributed by atoms with Crippen molar-refractivity contribution in [2.75, 3.05) is 39.8 Å². The molecular weight excluding hydrogens is 308 g/mol. The first kappa shape index (κ1) is 14.6. The SMILES string of the molecule is COc1c(O)cc(Br)c(C)c1CCN1CCNCC1. The van der Waals surface area contributed by atoms with E-state index in [0.717, 1.165) is 54.7 Å². The monoisotopic (exact) mass is 328 g/mol. The average molecular weight is 329 g/mol. The van der Waals surface area contributed by atoms with E-state index in [1.54, 1.807) is 13.2 Å². The van der Waals surface area contributed by atoms with Crippen LogP contribution in [0.5, 0.6) is 11.5 Å². The van der Waals surface area contributed by atoms with Gasteiger partial charge in [0.25, 0.3) is 0 Å². The van der Waals surface area contributed by atoms with Gasteiger partial charge in [-0.1, -0.05) is 15.9 Å². The van der Waals surface area contributed by atoms with Gasteiger partial charge in [0.15, 0.2) is 11.5 Å². The number of methoxy groups -OCH3 is 1. The molecule has 0 spiro atoms. The van der Waals surface area contributed by atoms with E-state index in [-0.39, 0.29) is 5.75 Å². The first-order valence-electron chi connectivity index (χ1n) is 6.61. The van der Waals surface area contributed by atoms with Crippen molar-refractivity contribution in [1.29, 1.82) is 0 Å². The van der Waals surface area contributed by atoms with E-state index in [1.807, 2.05) is 0 Å². The van der Waals surface area contributed by atoms with Crippen LogP contribution in [-0.4, -0.2) is 49.8 Å². The van der Waals surface area contributed by atoms with E-state index < -0.39 is 0 Å². The number of phenols is 1. The van der Waals surface area contributed by atoms with Gasteiger partial charge < -0.3 is 20.1 Å². The lowest BCUT2D eigenvalue weighted by atomic mass is 10.0. The van der Waals surface area contributed by atoms with E-state index in [0.29, 0.717) is 5.75 Å². The molecule has 19 heavy (non-hydrogen) atoms. The van der Waals surface area contributed by atoms with Crippen molar-refractivity contribution in [3.8, 4) is 11.5 Å². The van der Waals surface area contributed by atoms with E-state index in [9.17, 15) is 5.11 Å². The number of aromatic hydroxyl groups is 1. The van der Waals surface area contributed by atoms with Gasteiger partial charge in [-0.25, -0.2) is 0 Å². The van der Waals surface area contributed by atoms with Crippen molar-refractivity contribution in [3.05, 3.63) is 21.7 Å². The highest BCUT2D eigenvalue weighted by Gasteiger charge is 2.16. The second kappa shape index (κ2) is 6.59. The first-order chi connectivity index (χ1) is 9.13. The maximum atomic E-state index is 9.95. The minimum Gasteiger partial charge on any atom is -0.504 e. The van der Waals surface area contributed by atoms with Crippen LogP contribution in [0.25, 0.3) is 0 Å². The van der Waals surface area contributed by atoms with Crippen molar-refractivity contribution in [2.24, 2.45) is 0 Å². The number of nitrogens with zero attached hydrogens (tertiary/aromatic N) is 1. The highest BCUT2D eigenvalue weighted by atomic mass is 79.9. The number of halogens is 1. The van der Waals surface area contributed by atoms with Gasteiger partial charge in [0.2, 0.25) is 0 Å². The summed E-state index contributed by atoms with van der Waals surface area (Å²) in [6.07, 6.45) is 0.891. The summed E-state index contributed by atoms with van der Waals surface area (Å²) in [4.78, 5) is 2.44. The molecule has 0 amide bonds. The van der Waals surface area contributed by atoms with Crippen LogP contribution in [0.2, 0.25) is 0 Å². The molecule has 5 heteroatoms. The summed E-state index contributed by atoms with van der Waals surface area (Å²) in [5, 5.41) is 13.3. The third-order valence-corrected chi connectivity index (χ3v) is 4.50. The molecule has 0 unspecified atom stereocenters. The van der Waals surface area contributed by atoms with Gasteiger partial charge in [0, 0.05) is 42.8 Å². The van der Waals surface area contributed by atoms with Crippen molar-refractivity contribution < 1.29 is 9.84 Å². The molecule has 2 N–H and O–H groups in total. The maximum Gasteiger partial charge on any atom is 0.164 e. The Morgan fingerprint density at radius 2 is 2.11 bits per heavy atom. The van der Waals surface area contributed by atoms with Gasteiger partial charge in [0.1, 0.15) is 0 Å². The molecule has 1 aliphatic rings. The summed E-state index contributed by atoms with van der Waals surface area (Å²) in [6.45, 7) is 7.33. The number of rotatable bonds is 4. The predicted molar refractivity (Wildman–Crippen MR) is 80.1 cm³/mol. The molecule has 1 aliphatic heterocycles. The zero-order valence-electron chi connectivity index (χ0n) is 11.5. The number of benzene rings is 1. The Labute approximate surface area is 122 Å². The molecule has 0 saturated carbocycles. The molecule has 4 nitrogen and oxygen atoms in total. The van der Waals surface area contributed by atoms with Crippen LogP contribution in [0.1, 0.15) is 11.1 Å². The van der Waals surface area contributed by atoms with Crippen LogP contribution in [0, 0.1) is 6.92 Å². The van der Waals surface area contributed by atoms with E-state index >= 15 is 0 Å². The lowest BCUT2D eigenvalue weighted by molar-refractivity contribution is 0.242. The fraction of sp³-hybridized carbons (Fsp3) is 0.571. The molecule has 1 heterocycles. The normalized spacial score (nSPS) is 16.6. The third kappa shape index (κ3) is 3.41. The lowest BCUT2D eigenvalue weighted by Gasteiger charge is -2.27. The summed E-state index contributed by atoms with van der Waals surface area (Å²) in [5.41, 5.74) is 2.23. The van der Waals surface area contributed by atoms with Crippen molar-refractivity contribution in [3.63, 3.8) is 0 Å². The van der Waals surface area contributed by atoms with Gasteiger partial charge in [-0.15, -0.1) is 0 Å². The highest BCUT2D eigenvalue weighted by molar-refractivity contribution is 9.10. The number of hydrogen-bond donors (Lipinski definition) is 2.